The summed E-state index contributed by atoms with van der Waals surface area (Å²) in [6.07, 6.45) is 0. The molecule has 0 radical (unpaired) electrons. The predicted molar refractivity (Wildman–Crippen MR) is 350 cm³/mol. The monoisotopic (exact) mass is 1170 g/mol. The third kappa shape index (κ3) is 7.81. The number of fused-ring (bicyclic) bond motifs is 14. The highest BCUT2D eigenvalue weighted by Crippen LogP contribution is 2.50. The molecule has 0 aliphatic carbocycles. The van der Waals surface area contributed by atoms with Crippen molar-refractivity contribution in [2.45, 2.75) is 7.43 Å². The molecule has 0 saturated heterocycles. The molecule has 0 unspecified atom stereocenters. The Kier molecular flexibility index (Phi) is 12.0. The molecule has 0 spiro atoms. The lowest BCUT2D eigenvalue weighted by Crippen LogP contribution is -2.16. The van der Waals surface area contributed by atoms with Crippen LogP contribution in [0.5, 0.6) is 0 Å². The quantitative estimate of drug-likeness (QED) is 0.123. The zero-order valence-electron chi connectivity index (χ0n) is 45.0. The summed E-state index contributed by atoms with van der Waals surface area (Å²) in [5.41, 5.74) is 12.2. The van der Waals surface area contributed by atoms with Gasteiger partial charge in [-0.25, -0.2) is 23.7 Å². The van der Waals surface area contributed by atoms with E-state index in [0.29, 0.717) is 10.2 Å². The van der Waals surface area contributed by atoms with Crippen LogP contribution in [0.4, 0.5) is 17.6 Å². The Morgan fingerprint density at radius 1 is 0.264 bits per heavy atom. The van der Waals surface area contributed by atoms with Crippen molar-refractivity contribution in [3.8, 4) is 44.2 Å². The fraction of sp³-hybridized carbons (Fsp3) is 0.0137. The Hall–Kier alpha value is -10.8. The van der Waals surface area contributed by atoms with Crippen LogP contribution in [0.15, 0.2) is 243 Å². The van der Waals surface area contributed by atoms with E-state index in [1.165, 1.54) is 43.1 Å². The number of hydrogen-bond donors (Lipinski definition) is 0. The molecule has 10 aromatic carbocycles. The molecule has 18 aromatic rings. The summed E-state index contributed by atoms with van der Waals surface area (Å²) in [4.78, 5) is 18.5. The van der Waals surface area contributed by atoms with Gasteiger partial charge in [-0.15, -0.1) is 22.7 Å². The maximum atomic E-state index is 13.6. The molecule has 8 heterocycles. The first-order chi connectivity index (χ1) is 42.4. The SMILES string of the molecule is C.Fc1nc(F)c(F)c(-c2nc3ccccc3s2)c1F.c1ccc2sc(-c3c(-n4c5ccccc5c5ccccc54)c(-n4c5ccccc5c5ccccc54)nc(-n4c5ccccc5c5ccccc54)c3-n3c4ccccc4c4ccccc43)nc2c1. The number of thiazole rings is 2. The Labute approximate surface area is 501 Å². The second-order valence-electron chi connectivity index (χ2n) is 21.0. The predicted octanol–water partition coefficient (Wildman–Crippen LogP) is 20.3. The second-order valence-corrected chi connectivity index (χ2v) is 23.0. The average Bonchev–Trinajstić information content (AvgIpc) is 1.62. The van der Waals surface area contributed by atoms with Crippen LogP contribution in [0.3, 0.4) is 0 Å². The molecule has 0 saturated carbocycles. The molecule has 0 fully saturated rings. The second kappa shape index (κ2) is 20.2. The summed E-state index contributed by atoms with van der Waals surface area (Å²) < 4.78 is 64.8. The van der Waals surface area contributed by atoms with Crippen molar-refractivity contribution in [3.63, 3.8) is 0 Å². The minimum Gasteiger partial charge on any atom is -0.305 e. The molecule has 0 atom stereocenters. The lowest BCUT2D eigenvalue weighted by atomic mass is 10.1. The molecule has 416 valence electrons. The molecule has 8 aromatic heterocycles. The van der Waals surface area contributed by atoms with Crippen LogP contribution < -0.4 is 0 Å². The molecule has 14 heteroatoms. The van der Waals surface area contributed by atoms with Crippen LogP contribution in [-0.4, -0.2) is 38.2 Å². The van der Waals surface area contributed by atoms with Gasteiger partial charge in [0.1, 0.15) is 21.4 Å². The van der Waals surface area contributed by atoms with Gasteiger partial charge in [0, 0.05) is 43.1 Å². The number of nitrogens with zero attached hydrogens (tertiary/aromatic N) is 8. The van der Waals surface area contributed by atoms with Crippen molar-refractivity contribution in [1.82, 2.24) is 38.2 Å². The lowest BCUT2D eigenvalue weighted by Gasteiger charge is -2.25. The summed E-state index contributed by atoms with van der Waals surface area (Å²) in [6, 6.07) is 85.6. The molecule has 8 nitrogen and oxygen atoms in total. The molecule has 0 aliphatic heterocycles. The molecule has 0 bridgehead atoms. The minimum atomic E-state index is -1.69. The fourth-order valence-corrected chi connectivity index (χ4v) is 14.8. The van der Waals surface area contributed by atoms with Crippen molar-refractivity contribution in [1.29, 1.82) is 0 Å². The number of aromatic nitrogens is 8. The van der Waals surface area contributed by atoms with E-state index in [1.54, 1.807) is 35.6 Å². The summed E-state index contributed by atoms with van der Waals surface area (Å²) in [5.74, 6) is -4.85. The first-order valence-electron chi connectivity index (χ1n) is 27.8. The number of para-hydroxylation sites is 10. The summed E-state index contributed by atoms with van der Waals surface area (Å²) in [6.45, 7) is 0. The van der Waals surface area contributed by atoms with E-state index < -0.39 is 29.1 Å². The number of benzene rings is 10. The largest absolute Gasteiger partial charge is 0.305 e. The van der Waals surface area contributed by atoms with Gasteiger partial charge in [-0.05, 0) is 72.8 Å². The Morgan fingerprint density at radius 2 is 0.517 bits per heavy atom. The molecule has 18 rings (SSSR count). The molecule has 0 aliphatic rings. The lowest BCUT2D eigenvalue weighted by molar-refractivity contribution is 0.410. The zero-order valence-corrected chi connectivity index (χ0v) is 46.6. The number of rotatable bonds is 6. The smallest absolute Gasteiger partial charge is 0.252 e. The first kappa shape index (κ1) is 51.8. The normalized spacial score (nSPS) is 11.8. The van der Waals surface area contributed by atoms with E-state index in [9.17, 15) is 17.6 Å². The summed E-state index contributed by atoms with van der Waals surface area (Å²) >= 11 is 2.68. The number of hydrogen-bond acceptors (Lipinski definition) is 6. The van der Waals surface area contributed by atoms with Crippen LogP contribution in [0, 0.1) is 23.5 Å². The summed E-state index contributed by atoms with van der Waals surface area (Å²) in [7, 11) is 0. The molecule has 87 heavy (non-hydrogen) atoms. The topological polar surface area (TPSA) is 71.3 Å². The number of pyridine rings is 2. The van der Waals surface area contributed by atoms with Crippen molar-refractivity contribution in [3.05, 3.63) is 266 Å². The Bertz CT molecular complexity index is 5270. The van der Waals surface area contributed by atoms with Crippen molar-refractivity contribution < 1.29 is 17.6 Å². The maximum absolute atomic E-state index is 13.6. The van der Waals surface area contributed by atoms with E-state index >= 15 is 0 Å². The Morgan fingerprint density at radius 3 is 0.816 bits per heavy atom. The summed E-state index contributed by atoms with van der Waals surface area (Å²) in [5, 5.41) is 10.1. The molecule has 0 amide bonds. The molecule has 0 N–H and O–H groups in total. The van der Waals surface area contributed by atoms with Crippen molar-refractivity contribution in [2.24, 2.45) is 0 Å². The highest BCUT2D eigenvalue weighted by atomic mass is 32.1. The highest BCUT2D eigenvalue weighted by molar-refractivity contribution is 7.22. The van der Waals surface area contributed by atoms with E-state index in [2.05, 4.69) is 247 Å². The van der Waals surface area contributed by atoms with Crippen molar-refractivity contribution in [2.75, 3.05) is 0 Å². The van der Waals surface area contributed by atoms with Crippen LogP contribution in [-0.2, 0) is 0 Å². The van der Waals surface area contributed by atoms with Gasteiger partial charge in [0.2, 0.25) is 0 Å². The van der Waals surface area contributed by atoms with Gasteiger partial charge in [0.15, 0.2) is 23.3 Å². The molecular formula is C73H44F4N8S2. The standard InChI is InChI=1S/C60H36N6S.C12H4F4N2S.CH4/c1-10-28-46-37(19-1)38-20-2-11-29-47(38)63(46)56-55(60-61-45-27-9-18-36-54(45)67-60)57(64-48-30-12-3-21-39(48)40-22-4-13-31-49(40)64)59(66-52-34-16-7-25-43(52)44-26-8-17-35-53(44)66)62-58(56)65-50-32-14-5-23-41(50)42-24-6-15-33-51(42)65;13-8-7(9(14)11(16)18-10(8)15)12-17-5-3-1-2-4-6(5)19-12;/h1-36H;1-4H;1H4. The number of halogens is 4. The highest BCUT2D eigenvalue weighted by Gasteiger charge is 2.34. The third-order valence-electron chi connectivity index (χ3n) is 16.3. The third-order valence-corrected chi connectivity index (χ3v) is 18.4. The van der Waals surface area contributed by atoms with E-state index in [1.807, 2.05) is 0 Å². The van der Waals surface area contributed by atoms with Crippen molar-refractivity contribution >= 4 is 130 Å². The van der Waals surface area contributed by atoms with Gasteiger partial charge >= 0.3 is 0 Å². The van der Waals surface area contributed by atoms with Gasteiger partial charge in [-0.3, -0.25) is 9.13 Å². The van der Waals surface area contributed by atoms with Gasteiger partial charge in [-0.1, -0.05) is 177 Å². The van der Waals surface area contributed by atoms with Crippen LogP contribution >= 0.6 is 22.7 Å². The van der Waals surface area contributed by atoms with Crippen LogP contribution in [0.25, 0.3) is 152 Å². The van der Waals surface area contributed by atoms with Gasteiger partial charge in [0.05, 0.1) is 75.7 Å². The zero-order chi connectivity index (χ0) is 57.3. The van der Waals surface area contributed by atoms with Gasteiger partial charge in [-0.2, -0.15) is 13.8 Å². The van der Waals surface area contributed by atoms with E-state index in [0.717, 1.165) is 99.3 Å². The Balaban J connectivity index is 0.000000262. The van der Waals surface area contributed by atoms with Crippen LogP contribution in [0.1, 0.15) is 7.43 Å². The average molecular weight is 1170 g/mol. The maximum Gasteiger partial charge on any atom is 0.252 e. The minimum absolute atomic E-state index is 0. The van der Waals surface area contributed by atoms with E-state index in [-0.39, 0.29) is 12.4 Å². The van der Waals surface area contributed by atoms with Gasteiger partial charge < -0.3 is 9.13 Å². The molecular weight excluding hydrogens is 1130 g/mol. The van der Waals surface area contributed by atoms with E-state index in [4.69, 9.17) is 9.97 Å². The fourth-order valence-electron chi connectivity index (χ4n) is 12.7. The first-order valence-corrected chi connectivity index (χ1v) is 29.5. The van der Waals surface area contributed by atoms with Crippen LogP contribution in [0.2, 0.25) is 0 Å². The van der Waals surface area contributed by atoms with Gasteiger partial charge in [0.25, 0.3) is 11.9 Å².